The van der Waals surface area contributed by atoms with Gasteiger partial charge < -0.3 is 10.1 Å². The van der Waals surface area contributed by atoms with Crippen LogP contribution in [-0.2, 0) is 19.6 Å². The van der Waals surface area contributed by atoms with E-state index in [-0.39, 0.29) is 10.5 Å². The van der Waals surface area contributed by atoms with Crippen LogP contribution < -0.4 is 10.0 Å². The Bertz CT molecular complexity index is 1310. The lowest BCUT2D eigenvalue weighted by Gasteiger charge is -2.17. The van der Waals surface area contributed by atoms with Crippen LogP contribution in [0.15, 0.2) is 65.6 Å². The van der Waals surface area contributed by atoms with Gasteiger partial charge in [-0.1, -0.05) is 35.9 Å². The van der Waals surface area contributed by atoms with E-state index in [9.17, 15) is 18.0 Å². The summed E-state index contributed by atoms with van der Waals surface area (Å²) in [5.74, 6) is -1.18. The van der Waals surface area contributed by atoms with Crippen LogP contribution in [0.2, 0.25) is 0 Å². The number of aryl methyl sites for hydroxylation is 4. The topological polar surface area (TPSA) is 102 Å². The average Bonchev–Trinajstić information content (AvgIpc) is 2.77. The third-order valence-corrected chi connectivity index (χ3v) is 6.75. The number of anilines is 2. The number of hydrogen-bond donors (Lipinski definition) is 2. The predicted octanol–water partition coefficient (Wildman–Crippen LogP) is 4.91. The highest BCUT2D eigenvalue weighted by atomic mass is 32.2. The number of benzene rings is 3. The van der Waals surface area contributed by atoms with E-state index in [1.165, 1.54) is 31.2 Å². The molecule has 0 spiro atoms. The molecule has 34 heavy (non-hydrogen) atoms. The van der Waals surface area contributed by atoms with E-state index in [4.69, 9.17) is 4.74 Å². The summed E-state index contributed by atoms with van der Waals surface area (Å²) in [7, 11) is -3.83. The Hall–Kier alpha value is -3.65. The first-order valence-electron chi connectivity index (χ1n) is 10.8. The normalized spacial score (nSPS) is 12.0. The van der Waals surface area contributed by atoms with Crippen molar-refractivity contribution in [2.24, 2.45) is 0 Å². The maximum Gasteiger partial charge on any atom is 0.338 e. The molecule has 0 aliphatic carbocycles. The molecule has 2 N–H and O–H groups in total. The molecule has 0 bridgehead atoms. The maximum atomic E-state index is 12.7. The Balaban J connectivity index is 1.66. The van der Waals surface area contributed by atoms with Crippen LogP contribution in [0.25, 0.3) is 0 Å². The molecular formula is C26H28N2O5S. The molecule has 8 heteroatoms. The zero-order valence-corrected chi connectivity index (χ0v) is 20.6. The molecule has 0 fully saturated rings. The number of esters is 1. The largest absolute Gasteiger partial charge is 0.449 e. The van der Waals surface area contributed by atoms with Gasteiger partial charge in [-0.25, -0.2) is 13.2 Å². The van der Waals surface area contributed by atoms with E-state index in [0.29, 0.717) is 11.4 Å². The van der Waals surface area contributed by atoms with Gasteiger partial charge in [0, 0.05) is 5.69 Å². The molecule has 0 aromatic heterocycles. The standard InChI is InChI=1S/C26H28N2O5S/c1-16-14-18(3)24(19(4)15-16)27-25(29)20(5)33-26(30)21-10-12-22(13-11-21)34(31,32)28-23-9-7-6-8-17(23)2/h6-15,20,28H,1-5H3,(H,27,29). The molecule has 0 heterocycles. The van der Waals surface area contributed by atoms with Gasteiger partial charge in [-0.05, 0) is 81.6 Å². The van der Waals surface area contributed by atoms with Crippen molar-refractivity contribution >= 4 is 33.3 Å². The van der Waals surface area contributed by atoms with Crippen molar-refractivity contribution in [2.45, 2.75) is 45.6 Å². The van der Waals surface area contributed by atoms with Crippen LogP contribution >= 0.6 is 0 Å². The molecule has 7 nitrogen and oxygen atoms in total. The summed E-state index contributed by atoms with van der Waals surface area (Å²) in [4.78, 5) is 25.1. The number of nitrogens with one attached hydrogen (secondary N) is 2. The molecule has 3 rings (SSSR count). The van der Waals surface area contributed by atoms with Gasteiger partial charge >= 0.3 is 5.97 Å². The Morgan fingerprint density at radius 1 is 0.853 bits per heavy atom. The molecule has 1 amide bonds. The van der Waals surface area contributed by atoms with Crippen molar-refractivity contribution < 1.29 is 22.7 Å². The minimum absolute atomic E-state index is 0.00316. The van der Waals surface area contributed by atoms with Gasteiger partial charge in [0.15, 0.2) is 6.10 Å². The van der Waals surface area contributed by atoms with Gasteiger partial charge in [-0.2, -0.15) is 0 Å². The summed E-state index contributed by atoms with van der Waals surface area (Å²) >= 11 is 0. The van der Waals surface area contributed by atoms with Gasteiger partial charge in [0.2, 0.25) is 0 Å². The quantitative estimate of drug-likeness (QED) is 0.468. The number of amides is 1. The van der Waals surface area contributed by atoms with Crippen molar-refractivity contribution in [2.75, 3.05) is 10.0 Å². The summed E-state index contributed by atoms with van der Waals surface area (Å²) in [6.45, 7) is 9.06. The first-order chi connectivity index (χ1) is 16.0. The van der Waals surface area contributed by atoms with Crippen LogP contribution in [0.4, 0.5) is 11.4 Å². The second kappa shape index (κ2) is 10.1. The van der Waals surface area contributed by atoms with Crippen LogP contribution in [-0.4, -0.2) is 26.4 Å². The predicted molar refractivity (Wildman–Crippen MR) is 133 cm³/mol. The lowest BCUT2D eigenvalue weighted by atomic mass is 10.0. The maximum absolute atomic E-state index is 12.7. The van der Waals surface area contributed by atoms with Crippen LogP contribution in [0.5, 0.6) is 0 Å². The molecule has 0 saturated heterocycles. The lowest BCUT2D eigenvalue weighted by molar-refractivity contribution is -0.123. The van der Waals surface area contributed by atoms with E-state index in [0.717, 1.165) is 22.3 Å². The first kappa shape index (κ1) is 25.0. The smallest absolute Gasteiger partial charge is 0.338 e. The monoisotopic (exact) mass is 480 g/mol. The fourth-order valence-electron chi connectivity index (χ4n) is 3.55. The number of carbonyl (C=O) groups is 2. The summed E-state index contributed by atoms with van der Waals surface area (Å²) in [5, 5.41) is 2.82. The first-order valence-corrected chi connectivity index (χ1v) is 12.2. The third-order valence-electron chi connectivity index (χ3n) is 5.37. The molecule has 0 aliphatic rings. The fraction of sp³-hybridized carbons (Fsp3) is 0.231. The van der Waals surface area contributed by atoms with Gasteiger partial charge in [0.05, 0.1) is 16.1 Å². The second-order valence-corrected chi connectivity index (χ2v) is 9.94. The van der Waals surface area contributed by atoms with E-state index in [1.54, 1.807) is 25.1 Å². The Morgan fingerprint density at radius 2 is 1.44 bits per heavy atom. The highest BCUT2D eigenvalue weighted by molar-refractivity contribution is 7.92. The van der Waals surface area contributed by atoms with E-state index in [1.807, 2.05) is 39.0 Å². The number of carbonyl (C=O) groups excluding carboxylic acids is 2. The Morgan fingerprint density at radius 3 is 2.03 bits per heavy atom. The highest BCUT2D eigenvalue weighted by Gasteiger charge is 2.21. The van der Waals surface area contributed by atoms with Crippen molar-refractivity contribution in [1.82, 2.24) is 0 Å². The summed E-state index contributed by atoms with van der Waals surface area (Å²) in [6, 6.07) is 16.3. The van der Waals surface area contributed by atoms with Crippen molar-refractivity contribution in [3.05, 3.63) is 88.5 Å². The minimum atomic E-state index is -3.83. The molecule has 0 aliphatic heterocycles. The average molecular weight is 481 g/mol. The van der Waals surface area contributed by atoms with Gasteiger partial charge in [-0.15, -0.1) is 0 Å². The van der Waals surface area contributed by atoms with Gasteiger partial charge in [0.25, 0.3) is 15.9 Å². The SMILES string of the molecule is Cc1cc(C)c(NC(=O)C(C)OC(=O)c2ccc(S(=O)(=O)Nc3ccccc3C)cc2)c(C)c1. The van der Waals surface area contributed by atoms with Crippen molar-refractivity contribution in [3.8, 4) is 0 Å². The number of sulfonamides is 1. The molecule has 3 aromatic carbocycles. The van der Waals surface area contributed by atoms with Crippen LogP contribution in [0.1, 0.15) is 39.5 Å². The Labute approximate surface area is 200 Å². The van der Waals surface area contributed by atoms with Gasteiger partial charge in [-0.3, -0.25) is 9.52 Å². The molecule has 0 saturated carbocycles. The lowest BCUT2D eigenvalue weighted by Crippen LogP contribution is -2.30. The zero-order valence-electron chi connectivity index (χ0n) is 19.8. The minimum Gasteiger partial charge on any atom is -0.449 e. The number of rotatable bonds is 7. The third kappa shape index (κ3) is 5.82. The molecule has 0 radical (unpaired) electrons. The number of hydrogen-bond acceptors (Lipinski definition) is 5. The van der Waals surface area contributed by atoms with Crippen molar-refractivity contribution in [1.29, 1.82) is 0 Å². The van der Waals surface area contributed by atoms with Crippen molar-refractivity contribution in [3.63, 3.8) is 0 Å². The van der Waals surface area contributed by atoms with E-state index < -0.39 is 28.0 Å². The van der Waals surface area contributed by atoms with Gasteiger partial charge in [0.1, 0.15) is 0 Å². The van der Waals surface area contributed by atoms with E-state index in [2.05, 4.69) is 10.0 Å². The van der Waals surface area contributed by atoms with Crippen LogP contribution in [0.3, 0.4) is 0 Å². The number of para-hydroxylation sites is 1. The summed E-state index contributed by atoms with van der Waals surface area (Å²) < 4.78 is 33.2. The zero-order chi connectivity index (χ0) is 25.0. The fourth-order valence-corrected chi connectivity index (χ4v) is 4.68. The summed E-state index contributed by atoms with van der Waals surface area (Å²) in [5.41, 5.74) is 5.01. The molecule has 1 unspecified atom stereocenters. The number of ether oxygens (including phenoxy) is 1. The molecule has 1 atom stereocenters. The highest BCUT2D eigenvalue weighted by Crippen LogP contribution is 2.23. The molecular weight excluding hydrogens is 452 g/mol. The second-order valence-electron chi connectivity index (χ2n) is 8.26. The van der Waals surface area contributed by atoms with E-state index >= 15 is 0 Å². The van der Waals surface area contributed by atoms with Crippen LogP contribution in [0, 0.1) is 27.7 Å². The molecule has 3 aromatic rings. The summed E-state index contributed by atoms with van der Waals surface area (Å²) in [6.07, 6.45) is -1.04. The Kier molecular flexibility index (Phi) is 7.41. The molecule has 178 valence electrons.